The Kier molecular flexibility index (Phi) is 3.58. The van der Waals surface area contributed by atoms with E-state index in [-0.39, 0.29) is 18.7 Å². The largest absolute Gasteiger partial charge is 0.481 e. The van der Waals surface area contributed by atoms with Crippen LogP contribution >= 0.6 is 0 Å². The number of carbonyl (C=O) groups is 1. The van der Waals surface area contributed by atoms with Gasteiger partial charge in [-0.15, -0.1) is 0 Å². The highest BCUT2D eigenvalue weighted by atomic mass is 19.3. The van der Waals surface area contributed by atoms with Gasteiger partial charge in [0.05, 0.1) is 7.11 Å². The number of methoxy groups -OCH3 is 1. The molecule has 1 aliphatic carbocycles. The summed E-state index contributed by atoms with van der Waals surface area (Å²) in [5.74, 6) is -1.36. The Bertz CT molecular complexity index is 635. The van der Waals surface area contributed by atoms with Crippen molar-refractivity contribution in [2.75, 3.05) is 38.2 Å². The number of rotatable bonds is 3. The van der Waals surface area contributed by atoms with E-state index in [1.807, 2.05) is 0 Å². The van der Waals surface area contributed by atoms with Crippen molar-refractivity contribution in [3.05, 3.63) is 12.3 Å². The van der Waals surface area contributed by atoms with Crippen LogP contribution in [0.15, 0.2) is 12.3 Å². The molecule has 8 heteroatoms. The number of anilines is 1. The number of nitrogens with zero attached hydrogens (tertiary/aromatic N) is 4. The Labute approximate surface area is 138 Å². The molecule has 0 radical (unpaired) electrons. The van der Waals surface area contributed by atoms with Crippen LogP contribution in [-0.4, -0.2) is 60.0 Å². The quantitative estimate of drug-likeness (QED) is 0.834. The number of likely N-dealkylation sites (tertiary alicyclic amines) is 1. The molecule has 0 spiro atoms. The molecule has 2 saturated heterocycles. The highest BCUT2D eigenvalue weighted by Gasteiger charge is 2.52. The first-order chi connectivity index (χ1) is 11.4. The third-order valence-electron chi connectivity index (χ3n) is 5.35. The molecular formula is C16H20F2N4O2. The molecule has 1 saturated carbocycles. The molecule has 6 nitrogen and oxygen atoms in total. The van der Waals surface area contributed by atoms with Crippen molar-refractivity contribution < 1.29 is 18.3 Å². The smallest absolute Gasteiger partial charge is 0.249 e. The van der Waals surface area contributed by atoms with Crippen LogP contribution in [0.1, 0.15) is 12.8 Å². The molecule has 2 unspecified atom stereocenters. The van der Waals surface area contributed by atoms with Gasteiger partial charge < -0.3 is 14.5 Å². The first-order valence-corrected chi connectivity index (χ1v) is 8.24. The van der Waals surface area contributed by atoms with Crippen LogP contribution in [0.5, 0.6) is 5.88 Å². The Balaban J connectivity index is 1.36. The summed E-state index contributed by atoms with van der Waals surface area (Å²) in [5.41, 5.74) is 0. The van der Waals surface area contributed by atoms with Crippen molar-refractivity contribution in [3.63, 3.8) is 0 Å². The van der Waals surface area contributed by atoms with Gasteiger partial charge in [-0.1, -0.05) is 0 Å². The van der Waals surface area contributed by atoms with E-state index in [1.165, 1.54) is 0 Å². The van der Waals surface area contributed by atoms with E-state index < -0.39 is 11.8 Å². The van der Waals surface area contributed by atoms with E-state index >= 15 is 0 Å². The van der Waals surface area contributed by atoms with Gasteiger partial charge in [0.1, 0.15) is 0 Å². The highest BCUT2D eigenvalue weighted by Crippen LogP contribution is 2.44. The fraction of sp³-hybridized carbons (Fsp3) is 0.688. The lowest BCUT2D eigenvalue weighted by Crippen LogP contribution is -2.46. The Morgan fingerprint density at radius 3 is 2.50 bits per heavy atom. The van der Waals surface area contributed by atoms with Crippen LogP contribution in [0.25, 0.3) is 0 Å². The fourth-order valence-electron chi connectivity index (χ4n) is 4.03. The minimum absolute atomic E-state index is 0.0977. The van der Waals surface area contributed by atoms with Crippen molar-refractivity contribution >= 4 is 11.9 Å². The molecule has 24 heavy (non-hydrogen) atoms. The summed E-state index contributed by atoms with van der Waals surface area (Å²) >= 11 is 0. The number of carbonyl (C=O) groups excluding carboxylic acids is 1. The molecule has 4 rings (SSSR count). The number of aromatic nitrogens is 2. The van der Waals surface area contributed by atoms with E-state index in [0.717, 1.165) is 13.1 Å². The van der Waals surface area contributed by atoms with Gasteiger partial charge in [0.15, 0.2) is 0 Å². The van der Waals surface area contributed by atoms with Gasteiger partial charge in [-0.2, -0.15) is 4.98 Å². The number of halogens is 2. The van der Waals surface area contributed by atoms with Crippen molar-refractivity contribution in [2.45, 2.75) is 18.8 Å². The summed E-state index contributed by atoms with van der Waals surface area (Å²) in [4.78, 5) is 24.8. The molecule has 1 aromatic rings. The molecule has 2 aliphatic heterocycles. The Morgan fingerprint density at radius 1 is 1.25 bits per heavy atom. The molecule has 1 aromatic heterocycles. The molecule has 3 heterocycles. The van der Waals surface area contributed by atoms with E-state index in [4.69, 9.17) is 4.74 Å². The van der Waals surface area contributed by atoms with E-state index in [0.29, 0.717) is 36.8 Å². The molecule has 0 aromatic carbocycles. The predicted molar refractivity (Wildman–Crippen MR) is 82.0 cm³/mol. The molecule has 1 amide bonds. The zero-order valence-electron chi connectivity index (χ0n) is 13.5. The van der Waals surface area contributed by atoms with Crippen LogP contribution in [0.2, 0.25) is 0 Å². The van der Waals surface area contributed by atoms with Crippen molar-refractivity contribution in [1.29, 1.82) is 0 Å². The van der Waals surface area contributed by atoms with Crippen molar-refractivity contribution in [2.24, 2.45) is 17.8 Å². The molecule has 2 atom stereocenters. The van der Waals surface area contributed by atoms with Gasteiger partial charge in [-0.25, -0.2) is 13.8 Å². The van der Waals surface area contributed by atoms with Gasteiger partial charge in [-0.05, 0) is 0 Å². The highest BCUT2D eigenvalue weighted by molar-refractivity contribution is 5.80. The van der Waals surface area contributed by atoms with E-state index in [2.05, 4.69) is 14.9 Å². The van der Waals surface area contributed by atoms with Crippen LogP contribution in [0.4, 0.5) is 14.7 Å². The first kappa shape index (κ1) is 15.5. The van der Waals surface area contributed by atoms with Gasteiger partial charge >= 0.3 is 0 Å². The van der Waals surface area contributed by atoms with Crippen LogP contribution < -0.4 is 9.64 Å². The summed E-state index contributed by atoms with van der Waals surface area (Å²) in [6.45, 7) is 2.85. The van der Waals surface area contributed by atoms with Crippen molar-refractivity contribution in [3.8, 4) is 5.88 Å². The third kappa shape index (κ3) is 2.67. The molecule has 3 fully saturated rings. The van der Waals surface area contributed by atoms with Gasteiger partial charge in [0, 0.05) is 69.0 Å². The van der Waals surface area contributed by atoms with Crippen LogP contribution in [0.3, 0.4) is 0 Å². The number of alkyl halides is 2. The van der Waals surface area contributed by atoms with Crippen LogP contribution in [0, 0.1) is 17.8 Å². The maximum atomic E-state index is 13.0. The monoisotopic (exact) mass is 338 g/mol. The topological polar surface area (TPSA) is 58.6 Å². The molecule has 130 valence electrons. The van der Waals surface area contributed by atoms with E-state index in [1.54, 1.807) is 24.3 Å². The lowest BCUT2D eigenvalue weighted by atomic mass is 9.80. The summed E-state index contributed by atoms with van der Waals surface area (Å²) in [6, 6.07) is 1.70. The second-order valence-electron chi connectivity index (χ2n) is 7.03. The minimum Gasteiger partial charge on any atom is -0.481 e. The fourth-order valence-corrected chi connectivity index (χ4v) is 4.03. The minimum atomic E-state index is -2.64. The molecule has 3 aliphatic rings. The number of ether oxygens (including phenoxy) is 1. The first-order valence-electron chi connectivity index (χ1n) is 8.24. The van der Waals surface area contributed by atoms with Crippen LogP contribution in [-0.2, 0) is 4.79 Å². The summed E-state index contributed by atoms with van der Waals surface area (Å²) < 4.78 is 31.1. The number of amides is 1. The third-order valence-corrected chi connectivity index (χ3v) is 5.35. The van der Waals surface area contributed by atoms with Crippen molar-refractivity contribution in [1.82, 2.24) is 14.9 Å². The van der Waals surface area contributed by atoms with Gasteiger partial charge in [0.2, 0.25) is 23.7 Å². The predicted octanol–water partition coefficient (Wildman–Crippen LogP) is 1.43. The number of hydrogen-bond donors (Lipinski definition) is 0. The second-order valence-corrected chi connectivity index (χ2v) is 7.03. The number of hydrogen-bond acceptors (Lipinski definition) is 5. The summed E-state index contributed by atoms with van der Waals surface area (Å²) in [6.07, 6.45) is 1.09. The average Bonchev–Trinajstić information content (AvgIpc) is 3.10. The molecule has 0 bridgehead atoms. The molecular weight excluding hydrogens is 318 g/mol. The molecule has 0 N–H and O–H groups in total. The zero-order valence-corrected chi connectivity index (χ0v) is 13.5. The lowest BCUT2D eigenvalue weighted by molar-refractivity contribution is -0.159. The van der Waals surface area contributed by atoms with Gasteiger partial charge in [-0.3, -0.25) is 4.79 Å². The zero-order chi connectivity index (χ0) is 16.9. The average molecular weight is 338 g/mol. The maximum absolute atomic E-state index is 13.0. The van der Waals surface area contributed by atoms with E-state index in [9.17, 15) is 13.6 Å². The summed E-state index contributed by atoms with van der Waals surface area (Å²) in [5, 5.41) is 0. The summed E-state index contributed by atoms with van der Waals surface area (Å²) in [7, 11) is 1.57. The lowest BCUT2D eigenvalue weighted by Gasteiger charge is -2.36. The standard InChI is InChI=1S/C16H20F2N4O2/c1-24-13-2-3-19-15(20-13)22-8-11-6-21(7-12(11)9-22)14(23)10-4-16(17,18)5-10/h2-3,10-12H,4-9H2,1H3. The SMILES string of the molecule is COc1ccnc(N2CC3CN(C(=O)C4CC(F)(F)C4)CC3C2)n1. The second kappa shape index (κ2) is 5.53. The Morgan fingerprint density at radius 2 is 1.92 bits per heavy atom. The Hall–Kier alpha value is -1.99. The normalized spacial score (nSPS) is 28.6. The maximum Gasteiger partial charge on any atom is 0.249 e. The number of fused-ring (bicyclic) bond motifs is 1. The van der Waals surface area contributed by atoms with Gasteiger partial charge in [0.25, 0.3) is 0 Å².